The number of carboxylic acids is 1. The van der Waals surface area contributed by atoms with Gasteiger partial charge in [0, 0.05) is 5.75 Å². The first-order chi connectivity index (χ1) is 5.49. The molecule has 0 aromatic carbocycles. The lowest BCUT2D eigenvalue weighted by atomic mass is 10.3. The molecule has 0 spiro atoms. The summed E-state index contributed by atoms with van der Waals surface area (Å²) in [7, 11) is -3.74. The second-order valence-corrected chi connectivity index (χ2v) is 3.98. The van der Waals surface area contributed by atoms with Gasteiger partial charge in [0.25, 0.3) is 10.0 Å². The molecular weight excluding hydrogens is 202 g/mol. The zero-order valence-electron chi connectivity index (χ0n) is 5.76. The molecule has 0 amide bonds. The van der Waals surface area contributed by atoms with E-state index < -0.39 is 16.0 Å². The maximum absolute atomic E-state index is 10.9. The summed E-state index contributed by atoms with van der Waals surface area (Å²) in [5.74, 6) is -1.45. The average molecular weight is 207 g/mol. The molecule has 0 aromatic rings. The summed E-state index contributed by atoms with van der Waals surface area (Å²) in [5.41, 5.74) is -0.301. The molecule has 0 radical (unpaired) electrons. The summed E-state index contributed by atoms with van der Waals surface area (Å²) in [6, 6.07) is 0. The van der Waals surface area contributed by atoms with Crippen LogP contribution >= 0.6 is 12.6 Å². The first-order valence-electron chi connectivity index (χ1n) is 2.86. The molecule has 66 valence electrons. The molecule has 1 rings (SSSR count). The van der Waals surface area contributed by atoms with Crippen molar-refractivity contribution in [3.8, 4) is 0 Å². The zero-order chi connectivity index (χ0) is 9.35. The van der Waals surface area contributed by atoms with E-state index in [1.165, 1.54) is 0 Å². The van der Waals surface area contributed by atoms with E-state index in [0.717, 1.165) is 6.21 Å². The molecule has 5 nitrogen and oxygen atoms in total. The number of hydrogen-bond donors (Lipinski definition) is 2. The molecule has 1 aliphatic rings. The standard InChI is InChI=1S/C5H5NO4S2/c7-5(8)3-1-6-12(9,10)4(3)2-11/h1,11H,2H2,(H,7,8). The van der Waals surface area contributed by atoms with Crippen molar-refractivity contribution in [3.63, 3.8) is 0 Å². The SMILES string of the molecule is O=C(O)C1=C(CS)S(=O)(=O)N=C1. The van der Waals surface area contributed by atoms with E-state index in [1.54, 1.807) is 0 Å². The molecule has 0 unspecified atom stereocenters. The van der Waals surface area contributed by atoms with Gasteiger partial charge in [0.15, 0.2) is 0 Å². The fourth-order valence-corrected chi connectivity index (χ4v) is 2.35. The minimum Gasteiger partial charge on any atom is -0.478 e. The van der Waals surface area contributed by atoms with E-state index in [4.69, 9.17) is 5.11 Å². The molecule has 0 aliphatic carbocycles. The van der Waals surface area contributed by atoms with E-state index in [1.807, 2.05) is 0 Å². The van der Waals surface area contributed by atoms with Crippen LogP contribution in [0.15, 0.2) is 14.9 Å². The lowest BCUT2D eigenvalue weighted by Gasteiger charge is -1.95. The Balaban J connectivity index is 3.31. The predicted octanol–water partition coefficient (Wildman–Crippen LogP) is -0.331. The lowest BCUT2D eigenvalue weighted by molar-refractivity contribution is -0.132. The predicted molar refractivity (Wildman–Crippen MR) is 45.9 cm³/mol. The van der Waals surface area contributed by atoms with Crippen molar-refractivity contribution in [2.45, 2.75) is 0 Å². The van der Waals surface area contributed by atoms with Gasteiger partial charge in [-0.15, -0.1) is 0 Å². The Morgan fingerprint density at radius 2 is 2.25 bits per heavy atom. The summed E-state index contributed by atoms with van der Waals surface area (Å²) >= 11 is 3.70. The monoisotopic (exact) mass is 207 g/mol. The third-order valence-corrected chi connectivity index (χ3v) is 3.21. The van der Waals surface area contributed by atoms with Gasteiger partial charge < -0.3 is 5.11 Å². The summed E-state index contributed by atoms with van der Waals surface area (Å²) in [5, 5.41) is 8.50. The molecule has 12 heavy (non-hydrogen) atoms. The average Bonchev–Trinajstić information content (AvgIpc) is 2.24. The molecule has 1 N–H and O–H groups in total. The number of carbonyl (C=O) groups is 1. The smallest absolute Gasteiger partial charge is 0.338 e. The van der Waals surface area contributed by atoms with Gasteiger partial charge >= 0.3 is 5.97 Å². The molecule has 1 aliphatic heterocycles. The topological polar surface area (TPSA) is 83.8 Å². The van der Waals surface area contributed by atoms with Crippen molar-refractivity contribution in [1.29, 1.82) is 0 Å². The van der Waals surface area contributed by atoms with Crippen LogP contribution in [0.2, 0.25) is 0 Å². The third kappa shape index (κ3) is 1.37. The minimum absolute atomic E-state index is 0.149. The number of nitrogens with zero attached hydrogens (tertiary/aromatic N) is 1. The molecular formula is C5H5NO4S2. The molecule has 0 aromatic heterocycles. The molecule has 0 atom stereocenters. The molecule has 0 saturated carbocycles. The van der Waals surface area contributed by atoms with E-state index in [9.17, 15) is 13.2 Å². The lowest BCUT2D eigenvalue weighted by Crippen LogP contribution is -2.06. The third-order valence-electron chi connectivity index (χ3n) is 1.31. The Morgan fingerprint density at radius 3 is 2.58 bits per heavy atom. The highest BCUT2D eigenvalue weighted by molar-refractivity contribution is 7.95. The molecule has 0 bridgehead atoms. The van der Waals surface area contributed by atoms with Crippen molar-refractivity contribution in [2.24, 2.45) is 4.40 Å². The largest absolute Gasteiger partial charge is 0.478 e. The first kappa shape index (κ1) is 9.27. The van der Waals surface area contributed by atoms with E-state index >= 15 is 0 Å². The van der Waals surface area contributed by atoms with Gasteiger partial charge in [-0.05, 0) is 0 Å². The quantitative estimate of drug-likeness (QED) is 0.607. The highest BCUT2D eigenvalue weighted by Gasteiger charge is 2.28. The minimum atomic E-state index is -3.74. The van der Waals surface area contributed by atoms with Gasteiger partial charge in [-0.25, -0.2) is 4.79 Å². The Kier molecular flexibility index (Phi) is 2.25. The fourth-order valence-electron chi connectivity index (χ4n) is 0.738. The number of thiol groups is 1. The number of carboxylic acid groups (broad SMARTS) is 1. The van der Waals surface area contributed by atoms with Gasteiger partial charge in [-0.1, -0.05) is 0 Å². The number of sulfonamides is 1. The molecule has 7 heteroatoms. The van der Waals surface area contributed by atoms with E-state index in [2.05, 4.69) is 17.0 Å². The van der Waals surface area contributed by atoms with Gasteiger partial charge in [0.2, 0.25) is 0 Å². The Morgan fingerprint density at radius 1 is 1.67 bits per heavy atom. The highest BCUT2D eigenvalue weighted by atomic mass is 32.2. The summed E-state index contributed by atoms with van der Waals surface area (Å²) in [4.78, 5) is 10.2. The van der Waals surface area contributed by atoms with Crippen LogP contribution in [-0.4, -0.2) is 31.5 Å². The van der Waals surface area contributed by atoms with Crippen LogP contribution in [0.4, 0.5) is 0 Å². The second-order valence-electron chi connectivity index (χ2n) is 2.01. The van der Waals surface area contributed by atoms with Crippen LogP contribution in [-0.2, 0) is 14.8 Å². The maximum Gasteiger partial charge on any atom is 0.338 e. The Labute approximate surface area is 74.3 Å². The van der Waals surface area contributed by atoms with Crippen LogP contribution in [0, 0.1) is 0 Å². The van der Waals surface area contributed by atoms with Gasteiger partial charge in [0.05, 0.1) is 16.7 Å². The van der Waals surface area contributed by atoms with E-state index in [0.29, 0.717) is 0 Å². The maximum atomic E-state index is 10.9. The Bertz CT molecular complexity index is 378. The van der Waals surface area contributed by atoms with E-state index in [-0.39, 0.29) is 16.2 Å². The van der Waals surface area contributed by atoms with Gasteiger partial charge in [0.1, 0.15) is 0 Å². The van der Waals surface area contributed by atoms with Crippen molar-refractivity contribution in [3.05, 3.63) is 10.5 Å². The van der Waals surface area contributed by atoms with Gasteiger partial charge in [-0.3, -0.25) is 0 Å². The van der Waals surface area contributed by atoms with Crippen molar-refractivity contribution >= 4 is 34.8 Å². The van der Waals surface area contributed by atoms with Gasteiger partial charge in [-0.2, -0.15) is 25.4 Å². The first-order valence-corrected chi connectivity index (χ1v) is 4.94. The number of hydrogen-bond acceptors (Lipinski definition) is 4. The molecule has 0 fully saturated rings. The second kappa shape index (κ2) is 2.91. The fraction of sp³-hybridized carbons (Fsp3) is 0.200. The van der Waals surface area contributed by atoms with Crippen LogP contribution in [0.3, 0.4) is 0 Å². The summed E-state index contributed by atoms with van der Waals surface area (Å²) in [6.07, 6.45) is 0.823. The Hall–Kier alpha value is -0.820. The summed E-state index contributed by atoms with van der Waals surface area (Å²) in [6.45, 7) is 0. The van der Waals surface area contributed by atoms with Crippen molar-refractivity contribution in [2.75, 3.05) is 5.75 Å². The molecule has 0 saturated heterocycles. The van der Waals surface area contributed by atoms with Crippen LogP contribution in [0.5, 0.6) is 0 Å². The van der Waals surface area contributed by atoms with Crippen molar-refractivity contribution in [1.82, 2.24) is 0 Å². The highest BCUT2D eigenvalue weighted by Crippen LogP contribution is 2.20. The zero-order valence-corrected chi connectivity index (χ0v) is 7.47. The van der Waals surface area contributed by atoms with Crippen molar-refractivity contribution < 1.29 is 18.3 Å². The number of aliphatic carboxylic acids is 1. The number of rotatable bonds is 2. The van der Waals surface area contributed by atoms with Crippen LogP contribution in [0.1, 0.15) is 0 Å². The molecule has 1 heterocycles. The van der Waals surface area contributed by atoms with Crippen LogP contribution in [0.25, 0.3) is 0 Å². The summed E-state index contributed by atoms with van der Waals surface area (Å²) < 4.78 is 24.9. The van der Waals surface area contributed by atoms with Crippen LogP contribution < -0.4 is 0 Å². The normalized spacial score (nSPS) is 20.1.